The minimum Gasteiger partial charge on any atom is -0.483 e. The summed E-state index contributed by atoms with van der Waals surface area (Å²) in [7, 11) is 3.69. The van der Waals surface area contributed by atoms with Gasteiger partial charge in [-0.05, 0) is 57.3 Å². The Labute approximate surface area is 260 Å². The van der Waals surface area contributed by atoms with E-state index in [-0.39, 0.29) is 30.2 Å². The van der Waals surface area contributed by atoms with Crippen molar-refractivity contribution in [3.63, 3.8) is 0 Å². The minimum absolute atomic E-state index is 0.000221. The molecule has 12 nitrogen and oxygen atoms in total. The predicted octanol–water partition coefficient (Wildman–Crippen LogP) is 3.30. The van der Waals surface area contributed by atoms with E-state index in [0.717, 1.165) is 30.2 Å². The molecule has 238 valence electrons. The fourth-order valence-electron chi connectivity index (χ4n) is 5.40. The van der Waals surface area contributed by atoms with E-state index in [0.29, 0.717) is 29.0 Å². The van der Waals surface area contributed by atoms with Crippen molar-refractivity contribution in [2.75, 3.05) is 57.1 Å². The van der Waals surface area contributed by atoms with Crippen LogP contribution in [-0.4, -0.2) is 107 Å². The molecule has 1 aromatic carbocycles. The summed E-state index contributed by atoms with van der Waals surface area (Å²) in [6.07, 6.45) is -1.52. The van der Waals surface area contributed by atoms with Crippen molar-refractivity contribution < 1.29 is 28.2 Å². The van der Waals surface area contributed by atoms with Crippen LogP contribution in [0.5, 0.6) is 11.6 Å². The number of likely N-dealkylation sites (tertiary alicyclic amines) is 1. The zero-order valence-electron chi connectivity index (χ0n) is 25.6. The first-order chi connectivity index (χ1) is 21.5. The Morgan fingerprint density at radius 3 is 2.69 bits per heavy atom. The van der Waals surface area contributed by atoms with Crippen molar-refractivity contribution in [1.82, 2.24) is 24.8 Å². The quantitative estimate of drug-likeness (QED) is 0.383. The molecule has 0 aliphatic carbocycles. The summed E-state index contributed by atoms with van der Waals surface area (Å²) in [5, 5.41) is 22.4. The van der Waals surface area contributed by atoms with Gasteiger partial charge in [-0.3, -0.25) is 4.79 Å². The number of alkyl halides is 2. The number of benzene rings is 1. The van der Waals surface area contributed by atoms with Gasteiger partial charge >= 0.3 is 5.92 Å². The number of nitriles is 1. The molecule has 1 amide bonds. The van der Waals surface area contributed by atoms with Crippen LogP contribution in [0.25, 0.3) is 11.3 Å². The molecule has 4 heterocycles. The number of aromatic nitrogens is 3. The van der Waals surface area contributed by atoms with Gasteiger partial charge in [0.2, 0.25) is 11.8 Å². The summed E-state index contributed by atoms with van der Waals surface area (Å²) in [6, 6.07) is 12.4. The van der Waals surface area contributed by atoms with Crippen LogP contribution in [0.1, 0.15) is 25.8 Å². The molecule has 14 heteroatoms. The topological polar surface area (TPSA) is 140 Å². The number of anilines is 3. The van der Waals surface area contributed by atoms with Gasteiger partial charge in [0, 0.05) is 50.4 Å². The highest BCUT2D eigenvalue weighted by atomic mass is 19.3. The molecule has 0 saturated carbocycles. The average molecular weight is 623 g/mol. The molecule has 2 N–H and O–H groups in total. The number of carbonyl (C=O) groups is 1. The SMILES string of the molecule is COc1nc(Nc2nccc(-c3ccc(OC4CCN(C(=O)[C@H](C)O)CC4(F)F)c(C#N)c3)n2)ccc1N1CCN(C)[C@H](C)C1. The summed E-state index contributed by atoms with van der Waals surface area (Å²) in [5.41, 5.74) is 2.00. The van der Waals surface area contributed by atoms with E-state index in [1.807, 2.05) is 18.2 Å². The molecule has 2 aliphatic heterocycles. The van der Waals surface area contributed by atoms with Gasteiger partial charge in [0.15, 0.2) is 6.10 Å². The number of likely N-dealkylation sites (N-methyl/N-ethyl adjacent to an activating group) is 1. The van der Waals surface area contributed by atoms with Gasteiger partial charge in [-0.2, -0.15) is 10.2 Å². The molecule has 3 atom stereocenters. The Hall–Kier alpha value is -4.61. The lowest BCUT2D eigenvalue weighted by atomic mass is 10.0. The van der Waals surface area contributed by atoms with Gasteiger partial charge in [0.1, 0.15) is 29.4 Å². The molecule has 2 saturated heterocycles. The molecule has 0 spiro atoms. The monoisotopic (exact) mass is 622 g/mol. The van der Waals surface area contributed by atoms with Crippen LogP contribution in [0.15, 0.2) is 42.6 Å². The van der Waals surface area contributed by atoms with Crippen molar-refractivity contribution in [3.8, 4) is 29.0 Å². The van der Waals surface area contributed by atoms with Crippen molar-refractivity contribution in [1.29, 1.82) is 5.26 Å². The average Bonchev–Trinajstić information content (AvgIpc) is 3.03. The number of amides is 1. The highest BCUT2D eigenvalue weighted by Gasteiger charge is 2.48. The van der Waals surface area contributed by atoms with Crippen LogP contribution in [0.2, 0.25) is 0 Å². The number of rotatable bonds is 8. The van der Waals surface area contributed by atoms with Gasteiger partial charge in [-0.25, -0.2) is 18.7 Å². The number of aliphatic hydroxyl groups excluding tert-OH is 1. The number of nitrogens with zero attached hydrogens (tertiary/aromatic N) is 7. The number of aliphatic hydroxyl groups is 1. The molecule has 1 unspecified atom stereocenters. The summed E-state index contributed by atoms with van der Waals surface area (Å²) < 4.78 is 41.0. The number of hydrogen-bond donors (Lipinski definition) is 2. The summed E-state index contributed by atoms with van der Waals surface area (Å²) in [5.74, 6) is -2.91. The number of ether oxygens (including phenoxy) is 2. The summed E-state index contributed by atoms with van der Waals surface area (Å²) in [6.45, 7) is 5.19. The van der Waals surface area contributed by atoms with Gasteiger partial charge in [0.05, 0.1) is 24.9 Å². The van der Waals surface area contributed by atoms with Gasteiger partial charge in [-0.1, -0.05) is 0 Å². The first-order valence-electron chi connectivity index (χ1n) is 14.6. The number of hydrogen-bond acceptors (Lipinski definition) is 11. The van der Waals surface area contributed by atoms with Crippen molar-refractivity contribution >= 4 is 23.4 Å². The molecule has 2 fully saturated rings. The molecule has 45 heavy (non-hydrogen) atoms. The van der Waals surface area contributed by atoms with E-state index in [2.05, 4.69) is 44.0 Å². The zero-order chi connectivity index (χ0) is 32.3. The van der Waals surface area contributed by atoms with E-state index in [9.17, 15) is 23.9 Å². The Bertz CT molecular complexity index is 1580. The van der Waals surface area contributed by atoms with Gasteiger partial charge in [0.25, 0.3) is 5.91 Å². The third-order valence-electron chi connectivity index (χ3n) is 8.10. The number of halogens is 2. The minimum atomic E-state index is -3.38. The van der Waals surface area contributed by atoms with E-state index in [1.54, 1.807) is 25.4 Å². The van der Waals surface area contributed by atoms with Gasteiger partial charge in [-0.15, -0.1) is 0 Å². The van der Waals surface area contributed by atoms with Crippen LogP contribution in [-0.2, 0) is 4.79 Å². The first-order valence-corrected chi connectivity index (χ1v) is 14.6. The fraction of sp³-hybridized carbons (Fsp3) is 0.452. The van der Waals surface area contributed by atoms with Crippen LogP contribution < -0.4 is 19.7 Å². The largest absolute Gasteiger partial charge is 0.483 e. The summed E-state index contributed by atoms with van der Waals surface area (Å²) in [4.78, 5) is 31.0. The standard InChI is InChI=1S/C31H36F2N8O4/c1-19-17-40(14-13-39(19)3)24-6-8-27(37-28(24)44-4)38-30-35-11-9-23(36-30)21-5-7-25(22(15-21)16-34)45-26-10-12-41(18-31(26,32)33)29(43)20(2)42/h5-9,11,15,19-20,26,42H,10,12-14,17-18H2,1-4H3,(H,35,36,37,38)/t19-,20+,26?/m1/s1. The molecular formula is C31H36F2N8O4. The number of methoxy groups -OCH3 is 1. The Morgan fingerprint density at radius 1 is 1.20 bits per heavy atom. The molecule has 5 rings (SSSR count). The lowest BCUT2D eigenvalue weighted by Gasteiger charge is -2.39. The smallest absolute Gasteiger partial charge is 0.301 e. The summed E-state index contributed by atoms with van der Waals surface area (Å²) >= 11 is 0. The Kier molecular flexibility index (Phi) is 9.31. The van der Waals surface area contributed by atoms with Crippen molar-refractivity contribution in [2.45, 2.75) is 44.4 Å². The fourth-order valence-corrected chi connectivity index (χ4v) is 5.40. The van der Waals surface area contributed by atoms with Crippen LogP contribution in [0, 0.1) is 11.3 Å². The van der Waals surface area contributed by atoms with Crippen LogP contribution in [0.4, 0.5) is 26.2 Å². The van der Waals surface area contributed by atoms with Gasteiger partial charge < -0.3 is 34.6 Å². The second-order valence-corrected chi connectivity index (χ2v) is 11.3. The Morgan fingerprint density at radius 2 is 2.00 bits per heavy atom. The number of piperidine rings is 1. The maximum Gasteiger partial charge on any atom is 0.301 e. The van der Waals surface area contributed by atoms with E-state index >= 15 is 0 Å². The number of nitrogens with one attached hydrogen (secondary N) is 1. The number of carbonyl (C=O) groups excluding carboxylic acids is 1. The highest BCUT2D eigenvalue weighted by molar-refractivity contribution is 5.80. The third kappa shape index (κ3) is 7.05. The Balaban J connectivity index is 1.30. The molecule has 0 bridgehead atoms. The second kappa shape index (κ2) is 13.2. The normalized spacial score (nSPS) is 20.7. The maximum absolute atomic E-state index is 14.9. The van der Waals surface area contributed by atoms with Crippen molar-refractivity contribution in [3.05, 3.63) is 48.2 Å². The second-order valence-electron chi connectivity index (χ2n) is 11.3. The van der Waals surface area contributed by atoms with Crippen molar-refractivity contribution in [2.24, 2.45) is 0 Å². The lowest BCUT2D eigenvalue weighted by Crippen LogP contribution is -2.56. The maximum atomic E-state index is 14.9. The molecule has 0 radical (unpaired) electrons. The van der Waals surface area contributed by atoms with Crippen LogP contribution in [0.3, 0.4) is 0 Å². The molecule has 2 aliphatic rings. The predicted molar refractivity (Wildman–Crippen MR) is 163 cm³/mol. The number of pyridine rings is 1. The van der Waals surface area contributed by atoms with Crippen LogP contribution >= 0.6 is 0 Å². The van der Waals surface area contributed by atoms with E-state index < -0.39 is 30.6 Å². The molecule has 2 aromatic heterocycles. The third-order valence-corrected chi connectivity index (χ3v) is 8.10. The first kappa shape index (κ1) is 31.8. The zero-order valence-corrected chi connectivity index (χ0v) is 25.6. The lowest BCUT2D eigenvalue weighted by molar-refractivity contribution is -0.165. The highest BCUT2D eigenvalue weighted by Crippen LogP contribution is 2.34. The number of piperazine rings is 1. The van der Waals surface area contributed by atoms with E-state index in [1.165, 1.54) is 19.1 Å². The van der Waals surface area contributed by atoms with E-state index in [4.69, 9.17) is 9.47 Å². The molecular weight excluding hydrogens is 586 g/mol. The molecule has 3 aromatic rings.